The third-order valence-corrected chi connectivity index (χ3v) is 1.53. The van der Waals surface area contributed by atoms with Gasteiger partial charge in [0, 0.05) is 12.0 Å². The van der Waals surface area contributed by atoms with Gasteiger partial charge in [-0.25, -0.2) is 4.98 Å². The summed E-state index contributed by atoms with van der Waals surface area (Å²) in [5.41, 5.74) is 5.21. The fourth-order valence-electron chi connectivity index (χ4n) is 0.975. The highest BCUT2D eigenvalue weighted by atomic mass is 16.1. The first kappa shape index (κ1) is 10.6. The molecule has 0 atom stereocenters. The van der Waals surface area contributed by atoms with E-state index in [9.17, 15) is 4.79 Å². The fraction of sp³-hybridized carbons (Fsp3) is 0.625. The molecule has 4 N–H and O–H groups in total. The van der Waals surface area contributed by atoms with Gasteiger partial charge in [-0.15, -0.1) is 0 Å². The van der Waals surface area contributed by atoms with Crippen LogP contribution in [-0.4, -0.2) is 26.6 Å². The van der Waals surface area contributed by atoms with Gasteiger partial charge in [0.2, 0.25) is 5.91 Å². The maximum absolute atomic E-state index is 11.3. The van der Waals surface area contributed by atoms with Gasteiger partial charge in [0.25, 0.3) is 0 Å². The van der Waals surface area contributed by atoms with Crippen molar-refractivity contribution in [3.8, 4) is 0 Å². The van der Waals surface area contributed by atoms with Crippen molar-refractivity contribution < 1.29 is 4.79 Å². The average Bonchev–Trinajstić information content (AvgIpc) is 2.49. The molecule has 1 rings (SSSR count). The van der Waals surface area contributed by atoms with E-state index >= 15 is 0 Å². The molecule has 1 amide bonds. The van der Waals surface area contributed by atoms with Crippen LogP contribution in [0.2, 0.25) is 0 Å². The lowest BCUT2D eigenvalue weighted by Gasteiger charge is -2.17. The number of aromatic nitrogens is 3. The van der Waals surface area contributed by atoms with Crippen molar-refractivity contribution in [2.75, 3.05) is 0 Å². The number of hydrogen-bond acceptors (Lipinski definition) is 4. The zero-order chi connectivity index (χ0) is 10.6. The van der Waals surface area contributed by atoms with Crippen LogP contribution >= 0.6 is 0 Å². The van der Waals surface area contributed by atoms with Crippen LogP contribution in [0.3, 0.4) is 0 Å². The molecule has 0 spiro atoms. The molecule has 1 aromatic heterocycles. The largest absolute Gasteiger partial charge is 0.349 e. The number of rotatable bonds is 4. The zero-order valence-corrected chi connectivity index (χ0v) is 8.37. The molecule has 0 aliphatic rings. The van der Waals surface area contributed by atoms with Gasteiger partial charge in [0.1, 0.15) is 12.2 Å². The van der Waals surface area contributed by atoms with Crippen LogP contribution in [0.4, 0.5) is 0 Å². The Morgan fingerprint density at radius 3 is 2.93 bits per heavy atom. The Balaban J connectivity index is 2.29. The monoisotopic (exact) mass is 197 g/mol. The zero-order valence-electron chi connectivity index (χ0n) is 8.37. The molecule has 0 aliphatic carbocycles. The van der Waals surface area contributed by atoms with Gasteiger partial charge in [-0.1, -0.05) is 0 Å². The minimum Gasteiger partial charge on any atom is -0.349 e. The highest BCUT2D eigenvalue weighted by molar-refractivity contribution is 5.76. The molecule has 0 saturated carbocycles. The molecular formula is C8H15N5O. The van der Waals surface area contributed by atoms with Crippen molar-refractivity contribution in [1.29, 1.82) is 0 Å². The summed E-state index contributed by atoms with van der Waals surface area (Å²) in [6, 6.07) is 0. The second-order valence-electron chi connectivity index (χ2n) is 3.87. The lowest BCUT2D eigenvalue weighted by molar-refractivity contribution is -0.122. The lowest BCUT2D eigenvalue weighted by atomic mass is 10.0. The normalized spacial score (nSPS) is 11.4. The van der Waals surface area contributed by atoms with E-state index in [0.717, 1.165) is 0 Å². The standard InChI is InChI=1S/C8H15N5O/c1-8(2,9)3-7(14)10-4-6-11-5-12-13-6/h5H,3-4,9H2,1-2H3,(H,10,14)(H,11,12,13). The van der Waals surface area contributed by atoms with E-state index in [1.807, 2.05) is 0 Å². The summed E-state index contributed by atoms with van der Waals surface area (Å²) < 4.78 is 0. The summed E-state index contributed by atoms with van der Waals surface area (Å²) in [5, 5.41) is 9.00. The van der Waals surface area contributed by atoms with Gasteiger partial charge in [-0.3, -0.25) is 9.89 Å². The minimum atomic E-state index is -0.481. The Morgan fingerprint density at radius 2 is 2.43 bits per heavy atom. The van der Waals surface area contributed by atoms with E-state index in [0.29, 0.717) is 18.8 Å². The number of nitrogens with zero attached hydrogens (tertiary/aromatic N) is 2. The molecule has 0 bridgehead atoms. The summed E-state index contributed by atoms with van der Waals surface area (Å²) in [5.74, 6) is 0.544. The van der Waals surface area contributed by atoms with Gasteiger partial charge >= 0.3 is 0 Å². The summed E-state index contributed by atoms with van der Waals surface area (Å²) in [6.07, 6.45) is 1.69. The van der Waals surface area contributed by atoms with Gasteiger partial charge in [0.15, 0.2) is 0 Å². The van der Waals surface area contributed by atoms with Crippen molar-refractivity contribution in [3.63, 3.8) is 0 Å². The molecule has 6 heteroatoms. The number of nitrogens with one attached hydrogen (secondary N) is 2. The van der Waals surface area contributed by atoms with E-state index < -0.39 is 5.54 Å². The maximum atomic E-state index is 11.3. The van der Waals surface area contributed by atoms with E-state index in [-0.39, 0.29) is 5.91 Å². The predicted octanol–water partition coefficient (Wildman–Crippen LogP) is -0.452. The Kier molecular flexibility index (Phi) is 3.19. The van der Waals surface area contributed by atoms with E-state index in [1.165, 1.54) is 6.33 Å². The van der Waals surface area contributed by atoms with Crippen LogP contribution in [0.1, 0.15) is 26.1 Å². The van der Waals surface area contributed by atoms with Crippen LogP contribution in [-0.2, 0) is 11.3 Å². The Labute approximate surface area is 82.3 Å². The van der Waals surface area contributed by atoms with Crippen LogP contribution in [0.5, 0.6) is 0 Å². The summed E-state index contributed by atoms with van der Waals surface area (Å²) in [7, 11) is 0. The number of hydrogen-bond donors (Lipinski definition) is 3. The number of carbonyl (C=O) groups excluding carboxylic acids is 1. The molecular weight excluding hydrogens is 182 g/mol. The first-order chi connectivity index (χ1) is 6.47. The van der Waals surface area contributed by atoms with Gasteiger partial charge in [0.05, 0.1) is 6.54 Å². The molecule has 0 radical (unpaired) electrons. The smallest absolute Gasteiger partial charge is 0.222 e. The molecule has 78 valence electrons. The summed E-state index contributed by atoms with van der Waals surface area (Å²) in [6.45, 7) is 3.97. The Morgan fingerprint density at radius 1 is 1.71 bits per heavy atom. The fourth-order valence-corrected chi connectivity index (χ4v) is 0.975. The molecule has 0 unspecified atom stereocenters. The van der Waals surface area contributed by atoms with Crippen LogP contribution in [0.25, 0.3) is 0 Å². The average molecular weight is 197 g/mol. The number of aromatic amines is 1. The maximum Gasteiger partial charge on any atom is 0.222 e. The molecule has 0 aliphatic heterocycles. The number of H-pyrrole nitrogens is 1. The first-order valence-electron chi connectivity index (χ1n) is 4.37. The number of amides is 1. The first-order valence-corrected chi connectivity index (χ1v) is 4.37. The molecule has 1 heterocycles. The Bertz CT molecular complexity index is 287. The van der Waals surface area contributed by atoms with Crippen molar-refractivity contribution in [2.45, 2.75) is 32.4 Å². The van der Waals surface area contributed by atoms with Crippen molar-refractivity contribution in [2.24, 2.45) is 5.73 Å². The SMILES string of the molecule is CC(C)(N)CC(=O)NCc1ncn[nH]1. The Hall–Kier alpha value is -1.43. The summed E-state index contributed by atoms with van der Waals surface area (Å²) >= 11 is 0. The van der Waals surface area contributed by atoms with Crippen molar-refractivity contribution in [1.82, 2.24) is 20.5 Å². The predicted molar refractivity (Wildman–Crippen MR) is 51.1 cm³/mol. The number of nitrogens with two attached hydrogens (primary N) is 1. The third-order valence-electron chi connectivity index (χ3n) is 1.53. The van der Waals surface area contributed by atoms with Gasteiger partial charge < -0.3 is 11.1 Å². The quantitative estimate of drug-likeness (QED) is 0.609. The van der Waals surface area contributed by atoms with Gasteiger partial charge in [-0.2, -0.15) is 5.10 Å². The van der Waals surface area contributed by atoms with Gasteiger partial charge in [-0.05, 0) is 13.8 Å². The molecule has 0 saturated heterocycles. The van der Waals surface area contributed by atoms with Crippen LogP contribution in [0, 0.1) is 0 Å². The third kappa shape index (κ3) is 3.99. The molecule has 14 heavy (non-hydrogen) atoms. The van der Waals surface area contributed by atoms with Crippen molar-refractivity contribution >= 4 is 5.91 Å². The summed E-state index contributed by atoms with van der Waals surface area (Å²) in [4.78, 5) is 15.2. The highest BCUT2D eigenvalue weighted by Gasteiger charge is 2.15. The van der Waals surface area contributed by atoms with E-state index in [4.69, 9.17) is 5.73 Å². The second-order valence-corrected chi connectivity index (χ2v) is 3.87. The van der Waals surface area contributed by atoms with E-state index in [1.54, 1.807) is 13.8 Å². The topological polar surface area (TPSA) is 96.7 Å². The number of carbonyl (C=O) groups is 1. The van der Waals surface area contributed by atoms with Crippen LogP contribution < -0.4 is 11.1 Å². The van der Waals surface area contributed by atoms with Crippen LogP contribution in [0.15, 0.2) is 6.33 Å². The highest BCUT2D eigenvalue weighted by Crippen LogP contribution is 2.02. The second kappa shape index (κ2) is 4.19. The molecule has 0 fully saturated rings. The molecule has 6 nitrogen and oxygen atoms in total. The minimum absolute atomic E-state index is 0.0890. The molecule has 1 aromatic rings. The lowest BCUT2D eigenvalue weighted by Crippen LogP contribution is -2.38. The van der Waals surface area contributed by atoms with Crippen molar-refractivity contribution in [3.05, 3.63) is 12.2 Å². The molecule has 0 aromatic carbocycles. The van der Waals surface area contributed by atoms with E-state index in [2.05, 4.69) is 20.5 Å².